The van der Waals surface area contributed by atoms with Crippen molar-refractivity contribution in [1.82, 2.24) is 0 Å². The van der Waals surface area contributed by atoms with Gasteiger partial charge in [0.15, 0.2) is 11.6 Å². The number of hydrogen-bond donors (Lipinski definition) is 1. The normalized spacial score (nSPS) is 14.5. The van der Waals surface area contributed by atoms with Crippen LogP contribution in [0.5, 0.6) is 5.75 Å². The van der Waals surface area contributed by atoms with Crippen molar-refractivity contribution in [2.75, 3.05) is 18.5 Å². The Kier molecular flexibility index (Phi) is 1.60. The number of ether oxygens (including phenoxy) is 1. The second-order valence-electron chi connectivity index (χ2n) is 2.54. The van der Waals surface area contributed by atoms with E-state index in [0.29, 0.717) is 24.6 Å². The summed E-state index contributed by atoms with van der Waals surface area (Å²) in [5.74, 6) is -1.36. The molecule has 0 unspecified atom stereocenters. The molecular weight excluding hydrogens is 164 g/mol. The third kappa shape index (κ3) is 1.09. The van der Waals surface area contributed by atoms with Crippen LogP contribution >= 0.6 is 0 Å². The fourth-order valence-electron chi connectivity index (χ4n) is 1.13. The summed E-state index contributed by atoms with van der Waals surface area (Å²) in [5, 5.41) is 2.90. The maximum Gasteiger partial charge on any atom is 0.162 e. The molecule has 0 saturated carbocycles. The number of fused-ring (bicyclic) bond motifs is 1. The van der Waals surface area contributed by atoms with Crippen LogP contribution in [-0.4, -0.2) is 13.2 Å². The maximum atomic E-state index is 12.6. The van der Waals surface area contributed by atoms with E-state index in [1.165, 1.54) is 0 Å². The highest BCUT2D eigenvalue weighted by Gasteiger charge is 2.13. The van der Waals surface area contributed by atoms with Gasteiger partial charge in [-0.25, -0.2) is 8.78 Å². The van der Waals surface area contributed by atoms with Crippen LogP contribution in [0.1, 0.15) is 0 Å². The first kappa shape index (κ1) is 7.34. The van der Waals surface area contributed by atoms with Gasteiger partial charge in [-0.2, -0.15) is 0 Å². The number of halogens is 2. The lowest BCUT2D eigenvalue weighted by Gasteiger charge is -2.18. The van der Waals surface area contributed by atoms with E-state index < -0.39 is 11.6 Å². The highest BCUT2D eigenvalue weighted by atomic mass is 19.2. The molecule has 0 spiro atoms. The SMILES string of the molecule is Fc1cc2c(cc1F)OCCN2. The van der Waals surface area contributed by atoms with Crippen LogP contribution in [-0.2, 0) is 0 Å². The van der Waals surface area contributed by atoms with Gasteiger partial charge >= 0.3 is 0 Å². The third-order valence-electron chi connectivity index (χ3n) is 1.70. The molecule has 2 rings (SSSR count). The molecule has 12 heavy (non-hydrogen) atoms. The zero-order valence-electron chi connectivity index (χ0n) is 6.23. The minimum absolute atomic E-state index is 0.375. The van der Waals surface area contributed by atoms with Gasteiger partial charge in [0.25, 0.3) is 0 Å². The first-order chi connectivity index (χ1) is 5.77. The molecule has 0 amide bonds. The van der Waals surface area contributed by atoms with E-state index in [1.54, 1.807) is 0 Å². The van der Waals surface area contributed by atoms with E-state index >= 15 is 0 Å². The largest absolute Gasteiger partial charge is 0.489 e. The number of anilines is 1. The molecule has 1 aromatic rings. The lowest BCUT2D eigenvalue weighted by Crippen LogP contribution is -2.18. The summed E-state index contributed by atoms with van der Waals surface area (Å²) in [4.78, 5) is 0. The van der Waals surface area contributed by atoms with Crippen LogP contribution in [0.25, 0.3) is 0 Å². The van der Waals surface area contributed by atoms with Crippen LogP contribution < -0.4 is 10.1 Å². The zero-order valence-corrected chi connectivity index (χ0v) is 6.23. The molecule has 4 heteroatoms. The Bertz CT molecular complexity index is 283. The quantitative estimate of drug-likeness (QED) is 0.642. The smallest absolute Gasteiger partial charge is 0.162 e. The summed E-state index contributed by atoms with van der Waals surface area (Å²) in [5.41, 5.74) is 0.514. The number of rotatable bonds is 0. The Labute approximate surface area is 68.1 Å². The number of hydrogen-bond acceptors (Lipinski definition) is 2. The topological polar surface area (TPSA) is 21.3 Å². The fourth-order valence-corrected chi connectivity index (χ4v) is 1.13. The Hall–Kier alpha value is -1.32. The molecule has 1 aliphatic heterocycles. The number of benzene rings is 1. The van der Waals surface area contributed by atoms with Gasteiger partial charge in [0.1, 0.15) is 12.4 Å². The van der Waals surface area contributed by atoms with Gasteiger partial charge in [0.05, 0.1) is 5.69 Å². The molecule has 0 saturated heterocycles. The molecule has 0 bridgehead atoms. The highest BCUT2D eigenvalue weighted by molar-refractivity contribution is 5.57. The second-order valence-corrected chi connectivity index (χ2v) is 2.54. The molecule has 0 fully saturated rings. The lowest BCUT2D eigenvalue weighted by atomic mass is 10.2. The average molecular weight is 171 g/mol. The molecule has 0 radical (unpaired) electrons. The molecule has 64 valence electrons. The van der Waals surface area contributed by atoms with Crippen LogP contribution in [0.2, 0.25) is 0 Å². The predicted molar refractivity (Wildman–Crippen MR) is 40.3 cm³/mol. The van der Waals surface area contributed by atoms with E-state index in [4.69, 9.17) is 4.74 Å². The van der Waals surface area contributed by atoms with Gasteiger partial charge in [0, 0.05) is 18.7 Å². The standard InChI is InChI=1S/C8H7F2NO/c9-5-3-7-8(4-6(5)10)12-2-1-11-7/h3-4,11H,1-2H2. The Morgan fingerprint density at radius 3 is 2.83 bits per heavy atom. The Morgan fingerprint density at radius 2 is 2.00 bits per heavy atom. The monoisotopic (exact) mass is 171 g/mol. The van der Waals surface area contributed by atoms with Crippen molar-refractivity contribution in [2.24, 2.45) is 0 Å². The Morgan fingerprint density at radius 1 is 1.25 bits per heavy atom. The van der Waals surface area contributed by atoms with Gasteiger partial charge in [-0.15, -0.1) is 0 Å². The molecule has 1 N–H and O–H groups in total. The summed E-state index contributed by atoms with van der Waals surface area (Å²) in [6.07, 6.45) is 0. The van der Waals surface area contributed by atoms with Crippen LogP contribution in [0.3, 0.4) is 0 Å². The van der Waals surface area contributed by atoms with Crippen LogP contribution in [0.4, 0.5) is 14.5 Å². The minimum atomic E-state index is -0.877. The van der Waals surface area contributed by atoms with Gasteiger partial charge in [-0.3, -0.25) is 0 Å². The van der Waals surface area contributed by atoms with Crippen molar-refractivity contribution < 1.29 is 13.5 Å². The zero-order chi connectivity index (χ0) is 8.55. The van der Waals surface area contributed by atoms with Gasteiger partial charge in [-0.1, -0.05) is 0 Å². The maximum absolute atomic E-state index is 12.6. The van der Waals surface area contributed by atoms with E-state index in [2.05, 4.69) is 5.32 Å². The van der Waals surface area contributed by atoms with Gasteiger partial charge in [0.2, 0.25) is 0 Å². The van der Waals surface area contributed by atoms with Crippen molar-refractivity contribution in [2.45, 2.75) is 0 Å². The van der Waals surface area contributed by atoms with E-state index in [9.17, 15) is 8.78 Å². The fraction of sp³-hybridized carbons (Fsp3) is 0.250. The number of nitrogens with one attached hydrogen (secondary N) is 1. The molecule has 1 aromatic carbocycles. The van der Waals surface area contributed by atoms with Crippen LogP contribution in [0, 0.1) is 11.6 Å². The van der Waals surface area contributed by atoms with Crippen molar-refractivity contribution in [3.05, 3.63) is 23.8 Å². The average Bonchev–Trinajstić information content (AvgIpc) is 2.07. The van der Waals surface area contributed by atoms with E-state index in [0.717, 1.165) is 12.1 Å². The molecule has 0 atom stereocenters. The van der Waals surface area contributed by atoms with Gasteiger partial charge in [-0.05, 0) is 0 Å². The molecule has 0 aliphatic carbocycles. The van der Waals surface area contributed by atoms with Crippen molar-refractivity contribution in [3.8, 4) is 5.75 Å². The molecule has 2 nitrogen and oxygen atoms in total. The molecule has 1 heterocycles. The second kappa shape index (κ2) is 2.62. The van der Waals surface area contributed by atoms with Crippen molar-refractivity contribution in [1.29, 1.82) is 0 Å². The van der Waals surface area contributed by atoms with E-state index in [1.807, 2.05) is 0 Å². The lowest BCUT2D eigenvalue weighted by molar-refractivity contribution is 0.319. The molecule has 0 aromatic heterocycles. The summed E-state index contributed by atoms with van der Waals surface area (Å²) in [6, 6.07) is 2.15. The predicted octanol–water partition coefficient (Wildman–Crippen LogP) is 1.77. The Balaban J connectivity index is 2.49. The summed E-state index contributed by atoms with van der Waals surface area (Å²) >= 11 is 0. The van der Waals surface area contributed by atoms with Crippen molar-refractivity contribution in [3.63, 3.8) is 0 Å². The van der Waals surface area contributed by atoms with E-state index in [-0.39, 0.29) is 0 Å². The first-order valence-corrected chi connectivity index (χ1v) is 3.63. The summed E-state index contributed by atoms with van der Waals surface area (Å²) < 4.78 is 30.4. The van der Waals surface area contributed by atoms with Gasteiger partial charge < -0.3 is 10.1 Å². The minimum Gasteiger partial charge on any atom is -0.489 e. The van der Waals surface area contributed by atoms with Crippen LogP contribution in [0.15, 0.2) is 12.1 Å². The molecule has 1 aliphatic rings. The molecular formula is C8H7F2NO. The summed E-state index contributed by atoms with van der Waals surface area (Å²) in [7, 11) is 0. The van der Waals surface area contributed by atoms with Crippen molar-refractivity contribution >= 4 is 5.69 Å². The third-order valence-corrected chi connectivity index (χ3v) is 1.70. The first-order valence-electron chi connectivity index (χ1n) is 3.63. The highest BCUT2D eigenvalue weighted by Crippen LogP contribution is 2.29. The summed E-state index contributed by atoms with van der Waals surface area (Å²) in [6.45, 7) is 1.11.